The van der Waals surface area contributed by atoms with Gasteiger partial charge in [-0.05, 0) is 12.1 Å². The predicted octanol–water partition coefficient (Wildman–Crippen LogP) is 0.799. The van der Waals surface area contributed by atoms with Crippen LogP contribution >= 0.6 is 0 Å². The van der Waals surface area contributed by atoms with Crippen LogP contribution in [0.3, 0.4) is 0 Å². The van der Waals surface area contributed by atoms with Crippen LogP contribution in [0, 0.1) is 18.3 Å². The molecule has 1 aliphatic rings. The van der Waals surface area contributed by atoms with Gasteiger partial charge in [-0.25, -0.2) is 8.42 Å². The molecule has 0 atom stereocenters. The van der Waals surface area contributed by atoms with Crippen molar-refractivity contribution in [2.45, 2.75) is 18.2 Å². The van der Waals surface area contributed by atoms with Crippen LogP contribution < -0.4 is 0 Å². The molecule has 0 aliphatic carbocycles. The number of piperazine rings is 1. The zero-order valence-electron chi connectivity index (χ0n) is 13.9. The molecule has 1 aliphatic heterocycles. The normalized spacial score (nSPS) is 16.6. The summed E-state index contributed by atoms with van der Waals surface area (Å²) >= 11 is 0. The number of hydrogen-bond donors (Lipinski definition) is 0. The summed E-state index contributed by atoms with van der Waals surface area (Å²) in [7, 11) is -3.65. The van der Waals surface area contributed by atoms with E-state index in [0.717, 1.165) is 6.54 Å². The Kier molecular flexibility index (Phi) is 5.13. The molecule has 1 aromatic heterocycles. The maximum Gasteiger partial charge on any atom is 0.244 e. The van der Waals surface area contributed by atoms with E-state index in [2.05, 4.69) is 15.1 Å². The second-order valence-corrected chi connectivity index (χ2v) is 7.72. The van der Waals surface area contributed by atoms with Crippen molar-refractivity contribution in [2.24, 2.45) is 0 Å². The molecule has 0 N–H and O–H groups in total. The van der Waals surface area contributed by atoms with E-state index in [1.165, 1.54) is 16.4 Å². The van der Waals surface area contributed by atoms with E-state index in [0.29, 0.717) is 44.4 Å². The summed E-state index contributed by atoms with van der Waals surface area (Å²) in [6, 6.07) is 8.25. The summed E-state index contributed by atoms with van der Waals surface area (Å²) in [5.41, 5.74) is 0.177. The number of aryl methyl sites for hydroxylation is 1. The lowest BCUT2D eigenvalue weighted by atomic mass is 10.2. The SMILES string of the molecule is Cc1nnc(CCN2CCN(S(=O)(=O)c3ccccc3C#N)CC2)o1. The van der Waals surface area contributed by atoms with Crippen LogP contribution in [0.5, 0.6) is 0 Å². The van der Waals surface area contributed by atoms with Crippen LogP contribution in [0.4, 0.5) is 0 Å². The van der Waals surface area contributed by atoms with Crippen LogP contribution in [0.2, 0.25) is 0 Å². The summed E-state index contributed by atoms with van der Waals surface area (Å²) in [6.07, 6.45) is 0.644. The van der Waals surface area contributed by atoms with Crippen LogP contribution in [0.25, 0.3) is 0 Å². The van der Waals surface area contributed by atoms with Crippen molar-refractivity contribution in [1.82, 2.24) is 19.4 Å². The lowest BCUT2D eigenvalue weighted by molar-refractivity contribution is 0.186. The first-order valence-electron chi connectivity index (χ1n) is 8.01. The Labute approximate surface area is 146 Å². The second kappa shape index (κ2) is 7.31. The van der Waals surface area contributed by atoms with Gasteiger partial charge >= 0.3 is 0 Å². The van der Waals surface area contributed by atoms with E-state index >= 15 is 0 Å². The molecule has 2 aromatic rings. The quantitative estimate of drug-likeness (QED) is 0.776. The lowest BCUT2D eigenvalue weighted by Crippen LogP contribution is -2.49. The first-order chi connectivity index (χ1) is 12.0. The predicted molar refractivity (Wildman–Crippen MR) is 89.1 cm³/mol. The van der Waals surface area contributed by atoms with E-state index in [1.807, 2.05) is 6.07 Å². The van der Waals surface area contributed by atoms with Gasteiger partial charge in [-0.3, -0.25) is 0 Å². The van der Waals surface area contributed by atoms with E-state index in [9.17, 15) is 8.42 Å². The zero-order chi connectivity index (χ0) is 17.9. The molecule has 8 nitrogen and oxygen atoms in total. The van der Waals surface area contributed by atoms with Crippen LogP contribution in [-0.4, -0.2) is 60.5 Å². The fraction of sp³-hybridized carbons (Fsp3) is 0.438. The summed E-state index contributed by atoms with van der Waals surface area (Å²) < 4.78 is 32.3. The van der Waals surface area contributed by atoms with Gasteiger partial charge in [-0.15, -0.1) is 10.2 Å². The van der Waals surface area contributed by atoms with Gasteiger partial charge in [0.25, 0.3) is 0 Å². The minimum absolute atomic E-state index is 0.0762. The Morgan fingerprint density at radius 3 is 2.56 bits per heavy atom. The van der Waals surface area contributed by atoms with E-state index in [4.69, 9.17) is 9.68 Å². The monoisotopic (exact) mass is 361 g/mol. The molecule has 3 rings (SSSR count). The molecule has 9 heteroatoms. The average Bonchev–Trinajstić information content (AvgIpc) is 3.05. The minimum atomic E-state index is -3.65. The van der Waals surface area contributed by atoms with Crippen molar-refractivity contribution < 1.29 is 12.8 Å². The Hall–Kier alpha value is -2.28. The summed E-state index contributed by atoms with van der Waals surface area (Å²) in [5.74, 6) is 1.14. The average molecular weight is 361 g/mol. The fourth-order valence-corrected chi connectivity index (χ4v) is 4.37. The van der Waals surface area contributed by atoms with E-state index in [1.54, 1.807) is 19.1 Å². The zero-order valence-corrected chi connectivity index (χ0v) is 14.7. The molecule has 132 valence electrons. The molecular weight excluding hydrogens is 342 g/mol. The largest absolute Gasteiger partial charge is 0.426 e. The third-order valence-electron chi connectivity index (χ3n) is 4.17. The third kappa shape index (κ3) is 3.87. The van der Waals surface area contributed by atoms with Gasteiger partial charge in [0.05, 0.1) is 10.5 Å². The highest BCUT2D eigenvalue weighted by Crippen LogP contribution is 2.21. The van der Waals surface area contributed by atoms with E-state index in [-0.39, 0.29) is 10.5 Å². The van der Waals surface area contributed by atoms with Crippen molar-refractivity contribution in [2.75, 3.05) is 32.7 Å². The molecule has 0 saturated carbocycles. The molecule has 25 heavy (non-hydrogen) atoms. The van der Waals surface area contributed by atoms with Crippen LogP contribution in [0.15, 0.2) is 33.6 Å². The molecular formula is C16H19N5O3S. The molecule has 1 fully saturated rings. The van der Waals surface area contributed by atoms with Gasteiger partial charge in [-0.1, -0.05) is 12.1 Å². The number of benzene rings is 1. The summed E-state index contributed by atoms with van der Waals surface area (Å²) in [5, 5.41) is 16.9. The fourth-order valence-electron chi connectivity index (χ4n) is 2.81. The first kappa shape index (κ1) is 17.5. The van der Waals surface area contributed by atoms with Crippen molar-refractivity contribution in [1.29, 1.82) is 5.26 Å². The second-order valence-electron chi connectivity index (χ2n) is 5.82. The Balaban J connectivity index is 1.60. The lowest BCUT2D eigenvalue weighted by Gasteiger charge is -2.33. The van der Waals surface area contributed by atoms with Gasteiger partial charge in [0.1, 0.15) is 6.07 Å². The number of nitriles is 1. The highest BCUT2D eigenvalue weighted by Gasteiger charge is 2.30. The highest BCUT2D eigenvalue weighted by molar-refractivity contribution is 7.89. The van der Waals surface area contributed by atoms with Gasteiger partial charge in [-0.2, -0.15) is 9.57 Å². The summed E-state index contributed by atoms with van der Waals surface area (Å²) in [4.78, 5) is 2.24. The maximum atomic E-state index is 12.8. The molecule has 0 spiro atoms. The Morgan fingerprint density at radius 2 is 1.92 bits per heavy atom. The number of sulfonamides is 1. The standard InChI is InChI=1S/C16H19N5O3S/c1-13-18-19-16(24-13)6-7-20-8-10-21(11-9-20)25(22,23)15-5-3-2-4-14(15)12-17/h2-5H,6-11H2,1H3. The van der Waals surface area contributed by atoms with Gasteiger partial charge in [0.2, 0.25) is 21.8 Å². The molecule has 2 heterocycles. The Morgan fingerprint density at radius 1 is 1.20 bits per heavy atom. The van der Waals surface area contributed by atoms with Crippen molar-refractivity contribution in [3.8, 4) is 6.07 Å². The molecule has 1 saturated heterocycles. The number of nitrogens with zero attached hydrogens (tertiary/aromatic N) is 5. The highest BCUT2D eigenvalue weighted by atomic mass is 32.2. The topological polar surface area (TPSA) is 103 Å². The van der Waals surface area contributed by atoms with Gasteiger partial charge in [0.15, 0.2) is 0 Å². The number of rotatable bonds is 5. The van der Waals surface area contributed by atoms with Crippen molar-refractivity contribution >= 4 is 10.0 Å². The smallest absolute Gasteiger partial charge is 0.244 e. The number of aromatic nitrogens is 2. The molecule has 0 unspecified atom stereocenters. The van der Waals surface area contributed by atoms with Crippen LogP contribution in [0.1, 0.15) is 17.3 Å². The molecule has 0 radical (unpaired) electrons. The molecule has 1 aromatic carbocycles. The van der Waals surface area contributed by atoms with E-state index < -0.39 is 10.0 Å². The third-order valence-corrected chi connectivity index (χ3v) is 6.12. The Bertz CT molecular complexity index is 879. The van der Waals surface area contributed by atoms with Gasteiger partial charge in [0, 0.05) is 46.1 Å². The number of hydrogen-bond acceptors (Lipinski definition) is 7. The summed E-state index contributed by atoms with van der Waals surface area (Å²) in [6.45, 7) is 4.53. The van der Waals surface area contributed by atoms with Crippen molar-refractivity contribution in [3.63, 3.8) is 0 Å². The van der Waals surface area contributed by atoms with Crippen LogP contribution in [-0.2, 0) is 16.4 Å². The molecule has 0 bridgehead atoms. The van der Waals surface area contributed by atoms with Crippen molar-refractivity contribution in [3.05, 3.63) is 41.6 Å². The first-order valence-corrected chi connectivity index (χ1v) is 9.45. The maximum absolute atomic E-state index is 12.8. The molecule has 0 amide bonds. The van der Waals surface area contributed by atoms with Gasteiger partial charge < -0.3 is 9.32 Å². The minimum Gasteiger partial charge on any atom is -0.426 e.